The van der Waals surface area contributed by atoms with Crippen LogP contribution in [0.2, 0.25) is 0 Å². The van der Waals surface area contributed by atoms with Crippen LogP contribution in [0, 0.1) is 0 Å². The fourth-order valence-corrected chi connectivity index (χ4v) is 3.13. The van der Waals surface area contributed by atoms with Crippen molar-refractivity contribution in [2.45, 2.75) is 19.3 Å². The number of urea groups is 1. The number of fused-ring (bicyclic) bond motifs is 1. The molecule has 11 heteroatoms. The molecule has 3 aromatic rings. The van der Waals surface area contributed by atoms with Crippen molar-refractivity contribution in [1.82, 2.24) is 5.43 Å². The number of carbonyl (C=O) groups is 1. The van der Waals surface area contributed by atoms with Crippen molar-refractivity contribution in [1.29, 1.82) is 0 Å². The summed E-state index contributed by atoms with van der Waals surface area (Å²) in [5.74, 6) is -0.391. The zero-order valence-corrected chi connectivity index (χ0v) is 17.3. The second-order valence-electron chi connectivity index (χ2n) is 7.02. The normalized spacial score (nSPS) is 14.1. The highest BCUT2D eigenvalue weighted by atomic mass is 19.3. The summed E-state index contributed by atoms with van der Waals surface area (Å²) in [7, 11) is 0. The molecule has 1 aliphatic heterocycles. The zero-order chi connectivity index (χ0) is 24.1. The third-order valence-electron chi connectivity index (χ3n) is 4.58. The first-order valence-electron chi connectivity index (χ1n) is 9.90. The predicted molar refractivity (Wildman–Crippen MR) is 115 cm³/mol. The van der Waals surface area contributed by atoms with Crippen LogP contribution in [-0.2, 0) is 6.42 Å². The van der Waals surface area contributed by atoms with Crippen molar-refractivity contribution in [3.05, 3.63) is 83.9 Å². The molecule has 0 atom stereocenters. The number of carbonyl (C=O) groups excluding carboxylic acids is 1. The Morgan fingerprint density at radius 3 is 2.38 bits per heavy atom. The van der Waals surface area contributed by atoms with Crippen LogP contribution >= 0.6 is 0 Å². The van der Waals surface area contributed by atoms with E-state index in [0.717, 1.165) is 5.56 Å². The van der Waals surface area contributed by atoms with Crippen LogP contribution in [0.1, 0.15) is 11.1 Å². The van der Waals surface area contributed by atoms with Gasteiger partial charge in [-0.25, -0.2) is 10.2 Å². The minimum Gasteiger partial charge on any atom is -0.435 e. The van der Waals surface area contributed by atoms with E-state index in [-0.39, 0.29) is 22.9 Å². The Hall–Kier alpha value is -4.28. The summed E-state index contributed by atoms with van der Waals surface area (Å²) in [6, 6.07) is 18.1. The fraction of sp³-hybridized carbons (Fsp3) is 0.130. The lowest BCUT2D eigenvalue weighted by Gasteiger charge is -2.10. The summed E-state index contributed by atoms with van der Waals surface area (Å²) >= 11 is 0. The number of anilines is 1. The molecule has 0 saturated carbocycles. The van der Waals surface area contributed by atoms with E-state index < -0.39 is 18.9 Å². The van der Waals surface area contributed by atoms with Gasteiger partial charge in [0.25, 0.3) is 0 Å². The molecular weight excluding hydrogens is 458 g/mol. The third kappa shape index (κ3) is 5.94. The van der Waals surface area contributed by atoms with Crippen LogP contribution in [0.15, 0.2) is 77.9 Å². The van der Waals surface area contributed by atoms with Gasteiger partial charge >= 0.3 is 18.9 Å². The number of rotatable bonds is 7. The van der Waals surface area contributed by atoms with Gasteiger partial charge in [0, 0.05) is 18.2 Å². The van der Waals surface area contributed by atoms with E-state index in [4.69, 9.17) is 0 Å². The van der Waals surface area contributed by atoms with Crippen LogP contribution in [0.25, 0.3) is 0 Å². The smallest absolute Gasteiger partial charge is 0.435 e. The maximum absolute atomic E-state index is 13.2. The van der Waals surface area contributed by atoms with E-state index in [1.165, 1.54) is 42.5 Å². The van der Waals surface area contributed by atoms with Gasteiger partial charge in [-0.1, -0.05) is 30.3 Å². The molecular formula is C23H17F4N3O4. The quantitative estimate of drug-likeness (QED) is 0.273. The predicted octanol–water partition coefficient (Wildman–Crippen LogP) is 5.38. The summed E-state index contributed by atoms with van der Waals surface area (Å²) in [6.07, 6.45) is -3.44. The van der Waals surface area contributed by atoms with Gasteiger partial charge in [0.15, 0.2) is 11.5 Å². The molecule has 0 aliphatic carbocycles. The van der Waals surface area contributed by atoms with E-state index in [2.05, 4.69) is 30.1 Å². The average molecular weight is 475 g/mol. The molecule has 0 aromatic heterocycles. The molecule has 1 heterocycles. The Morgan fingerprint density at radius 2 is 1.68 bits per heavy atom. The lowest BCUT2D eigenvalue weighted by atomic mass is 10.0. The summed E-state index contributed by atoms with van der Waals surface area (Å²) in [6.45, 7) is -2.95. The number of benzene rings is 3. The van der Waals surface area contributed by atoms with Crippen LogP contribution in [-0.4, -0.2) is 24.6 Å². The van der Waals surface area contributed by atoms with Crippen LogP contribution in [0.3, 0.4) is 0 Å². The van der Waals surface area contributed by atoms with Crippen LogP contribution < -0.4 is 25.0 Å². The van der Waals surface area contributed by atoms with Crippen molar-refractivity contribution < 1.29 is 36.6 Å². The summed E-state index contributed by atoms with van der Waals surface area (Å²) in [4.78, 5) is 12.4. The van der Waals surface area contributed by atoms with Gasteiger partial charge in [-0.15, -0.1) is 8.78 Å². The summed E-state index contributed by atoms with van der Waals surface area (Å²) in [5.41, 5.74) is 4.42. The minimum atomic E-state index is -3.77. The number of halogens is 4. The number of hydrogen-bond acceptors (Lipinski definition) is 5. The largest absolute Gasteiger partial charge is 0.586 e. The molecule has 2 N–H and O–H groups in total. The minimum absolute atomic E-state index is 0.0168. The first-order chi connectivity index (χ1) is 16.3. The van der Waals surface area contributed by atoms with Gasteiger partial charge < -0.3 is 19.5 Å². The second-order valence-corrected chi connectivity index (χ2v) is 7.02. The number of ether oxygens (including phenoxy) is 3. The van der Waals surface area contributed by atoms with Crippen molar-refractivity contribution >= 4 is 17.4 Å². The Morgan fingerprint density at radius 1 is 0.971 bits per heavy atom. The van der Waals surface area contributed by atoms with E-state index in [0.29, 0.717) is 17.7 Å². The number of hydrogen-bond donors (Lipinski definition) is 2. The van der Waals surface area contributed by atoms with Crippen LogP contribution in [0.4, 0.5) is 28.0 Å². The fourth-order valence-electron chi connectivity index (χ4n) is 3.13. The van der Waals surface area contributed by atoms with Crippen LogP contribution in [0.5, 0.6) is 17.2 Å². The Labute approximate surface area is 190 Å². The Kier molecular flexibility index (Phi) is 6.53. The molecule has 0 fully saturated rings. The maximum atomic E-state index is 13.2. The third-order valence-corrected chi connectivity index (χ3v) is 4.58. The first-order valence-corrected chi connectivity index (χ1v) is 9.90. The standard InChI is InChI=1S/C23H17F4N3O4/c24-21(25)32-17-9-6-15(7-10-17)18(12-14-4-2-1-3-5-14)29-30-22(31)28-16-8-11-19-20(13-16)34-23(26,27)33-19/h1-11,13,21H,12H2,(H2,28,30,31)/b29-18+. The highest BCUT2D eigenvalue weighted by Gasteiger charge is 2.43. The average Bonchev–Trinajstić information content (AvgIpc) is 3.10. The molecule has 34 heavy (non-hydrogen) atoms. The molecule has 4 rings (SSSR count). The molecule has 7 nitrogen and oxygen atoms in total. The van der Waals surface area contributed by atoms with Crippen molar-refractivity contribution in [2.75, 3.05) is 5.32 Å². The highest BCUT2D eigenvalue weighted by Crippen LogP contribution is 2.42. The first kappa shape index (κ1) is 22.9. The monoisotopic (exact) mass is 475 g/mol. The number of amides is 2. The molecule has 0 radical (unpaired) electrons. The second kappa shape index (κ2) is 9.69. The molecule has 0 unspecified atom stereocenters. The van der Waals surface area contributed by atoms with Crippen molar-refractivity contribution in [3.8, 4) is 17.2 Å². The van der Waals surface area contributed by atoms with Gasteiger partial charge in [0.05, 0.1) is 5.71 Å². The van der Waals surface area contributed by atoms with Gasteiger partial charge in [0.1, 0.15) is 5.75 Å². The highest BCUT2D eigenvalue weighted by molar-refractivity contribution is 6.03. The van der Waals surface area contributed by atoms with Gasteiger partial charge in [-0.3, -0.25) is 0 Å². The topological polar surface area (TPSA) is 81.2 Å². The van der Waals surface area contributed by atoms with E-state index in [9.17, 15) is 22.4 Å². The summed E-state index contributed by atoms with van der Waals surface area (Å²) in [5, 5.41) is 6.62. The SMILES string of the molecule is O=C(N/N=C(\Cc1ccccc1)c1ccc(OC(F)F)cc1)Nc1ccc2c(c1)OC(F)(F)O2. The number of hydrazone groups is 1. The zero-order valence-electron chi connectivity index (χ0n) is 17.3. The lowest BCUT2D eigenvalue weighted by Crippen LogP contribution is -2.26. The van der Waals surface area contributed by atoms with Crippen molar-refractivity contribution in [3.63, 3.8) is 0 Å². The molecule has 1 aliphatic rings. The number of nitrogens with zero attached hydrogens (tertiary/aromatic N) is 1. The maximum Gasteiger partial charge on any atom is 0.586 e. The molecule has 0 bridgehead atoms. The summed E-state index contributed by atoms with van der Waals surface area (Å²) < 4.78 is 64.2. The van der Waals surface area contributed by atoms with Gasteiger partial charge in [-0.05, 0) is 47.5 Å². The number of nitrogens with one attached hydrogen (secondary N) is 2. The molecule has 3 aromatic carbocycles. The van der Waals surface area contributed by atoms with E-state index >= 15 is 0 Å². The molecule has 0 saturated heterocycles. The van der Waals surface area contributed by atoms with Gasteiger partial charge in [0.2, 0.25) is 0 Å². The van der Waals surface area contributed by atoms with E-state index in [1.807, 2.05) is 30.3 Å². The molecule has 0 spiro atoms. The number of alkyl halides is 4. The van der Waals surface area contributed by atoms with Gasteiger partial charge in [-0.2, -0.15) is 13.9 Å². The molecule has 2 amide bonds. The Bertz CT molecular complexity index is 1190. The van der Waals surface area contributed by atoms with Crippen molar-refractivity contribution in [2.24, 2.45) is 5.10 Å². The Balaban J connectivity index is 1.48. The van der Waals surface area contributed by atoms with E-state index in [1.54, 1.807) is 0 Å². The lowest BCUT2D eigenvalue weighted by molar-refractivity contribution is -0.286. The molecule has 176 valence electrons.